The maximum Gasteiger partial charge on any atom is 0.317 e. The number of aliphatic carboxylic acids is 4. The van der Waals surface area contributed by atoms with Gasteiger partial charge in [0.05, 0.1) is 26.2 Å². The number of aldehydes is 1. The third-order valence-electron chi connectivity index (χ3n) is 5.07. The summed E-state index contributed by atoms with van der Waals surface area (Å²) in [6, 6.07) is 0. The number of carbonyl (C=O) groups excluding carboxylic acids is 1. The molecule has 1 rings (SSSR count). The Labute approximate surface area is 173 Å². The molecule has 30 heavy (non-hydrogen) atoms. The van der Waals surface area contributed by atoms with Crippen LogP contribution in [0.3, 0.4) is 0 Å². The Morgan fingerprint density at radius 3 is 1.90 bits per heavy atom. The van der Waals surface area contributed by atoms with Crippen molar-refractivity contribution in [3.05, 3.63) is 0 Å². The van der Waals surface area contributed by atoms with E-state index in [1.807, 2.05) is 0 Å². The van der Waals surface area contributed by atoms with Gasteiger partial charge >= 0.3 is 23.9 Å². The first-order valence-corrected chi connectivity index (χ1v) is 9.58. The van der Waals surface area contributed by atoms with Crippen molar-refractivity contribution >= 4 is 30.2 Å². The van der Waals surface area contributed by atoms with Crippen LogP contribution in [0, 0.1) is 0 Å². The zero-order chi connectivity index (χ0) is 22.7. The molecule has 0 spiro atoms. The lowest BCUT2D eigenvalue weighted by Gasteiger charge is -2.45. The van der Waals surface area contributed by atoms with Gasteiger partial charge in [-0.3, -0.25) is 33.9 Å². The van der Waals surface area contributed by atoms with Gasteiger partial charge in [0.15, 0.2) is 0 Å². The summed E-state index contributed by atoms with van der Waals surface area (Å²) in [6.45, 7) is -0.534. The number of hydrogen-bond acceptors (Lipinski definition) is 8. The van der Waals surface area contributed by atoms with Gasteiger partial charge in [-0.2, -0.15) is 0 Å². The molecule has 1 fully saturated rings. The van der Waals surface area contributed by atoms with Gasteiger partial charge in [0, 0.05) is 38.1 Å². The SMILES string of the molecule is O=CCN1CCN(CC(=O)O)CC(CCCCC(=O)O)(N(CC(=O)O)CC(=O)O)C1. The second kappa shape index (κ2) is 12.2. The second-order valence-corrected chi connectivity index (χ2v) is 7.47. The fraction of sp³-hybridized carbons (Fsp3) is 0.722. The molecule has 0 aromatic heterocycles. The van der Waals surface area contributed by atoms with E-state index in [1.54, 1.807) is 9.80 Å². The minimum absolute atomic E-state index is 0.0335. The molecule has 0 radical (unpaired) electrons. The lowest BCUT2D eigenvalue weighted by molar-refractivity contribution is -0.147. The molecule has 0 aromatic carbocycles. The van der Waals surface area contributed by atoms with Gasteiger partial charge in [0.25, 0.3) is 0 Å². The Kier molecular flexibility index (Phi) is 10.4. The Morgan fingerprint density at radius 1 is 0.833 bits per heavy atom. The number of carboxylic acids is 4. The van der Waals surface area contributed by atoms with E-state index >= 15 is 0 Å². The first kappa shape index (κ1) is 25.5. The van der Waals surface area contributed by atoms with Crippen LogP contribution in [0.2, 0.25) is 0 Å². The number of nitrogens with zero attached hydrogens (tertiary/aromatic N) is 3. The highest BCUT2D eigenvalue weighted by Gasteiger charge is 2.43. The monoisotopic (exact) mass is 431 g/mol. The average molecular weight is 431 g/mol. The van der Waals surface area contributed by atoms with Crippen LogP contribution in [-0.4, -0.2) is 123 Å². The van der Waals surface area contributed by atoms with Crippen molar-refractivity contribution in [2.75, 3.05) is 52.4 Å². The minimum atomic E-state index is -1.24. The van der Waals surface area contributed by atoms with E-state index in [2.05, 4.69) is 0 Å². The molecular formula is C18H29N3O9. The molecule has 0 saturated carbocycles. The van der Waals surface area contributed by atoms with Gasteiger partial charge < -0.3 is 25.2 Å². The van der Waals surface area contributed by atoms with Gasteiger partial charge in [0.1, 0.15) is 6.29 Å². The van der Waals surface area contributed by atoms with Crippen LogP contribution in [-0.2, 0) is 24.0 Å². The predicted molar refractivity (Wildman–Crippen MR) is 102 cm³/mol. The predicted octanol–water partition coefficient (Wildman–Crippen LogP) is -1.26. The van der Waals surface area contributed by atoms with Crippen molar-refractivity contribution in [1.82, 2.24) is 14.7 Å². The number of rotatable bonds is 14. The van der Waals surface area contributed by atoms with Crippen molar-refractivity contribution < 1.29 is 44.4 Å². The Morgan fingerprint density at radius 2 is 1.40 bits per heavy atom. The second-order valence-electron chi connectivity index (χ2n) is 7.47. The molecule has 170 valence electrons. The first-order chi connectivity index (χ1) is 14.1. The molecule has 0 bridgehead atoms. The summed E-state index contributed by atoms with van der Waals surface area (Å²) < 4.78 is 0. The van der Waals surface area contributed by atoms with E-state index in [4.69, 9.17) is 5.11 Å². The number of carboxylic acid groups (broad SMARTS) is 4. The highest BCUT2D eigenvalue weighted by Crippen LogP contribution is 2.28. The summed E-state index contributed by atoms with van der Waals surface area (Å²) in [5.74, 6) is -4.54. The van der Waals surface area contributed by atoms with Crippen molar-refractivity contribution in [2.45, 2.75) is 31.2 Å². The van der Waals surface area contributed by atoms with Crippen LogP contribution in [0.4, 0.5) is 0 Å². The quantitative estimate of drug-likeness (QED) is 0.190. The molecule has 12 nitrogen and oxygen atoms in total. The molecule has 1 unspecified atom stereocenters. The van der Waals surface area contributed by atoms with Crippen molar-refractivity contribution in [2.24, 2.45) is 0 Å². The molecule has 1 atom stereocenters. The molecular weight excluding hydrogens is 402 g/mol. The van der Waals surface area contributed by atoms with Crippen molar-refractivity contribution in [3.63, 3.8) is 0 Å². The summed E-state index contributed by atoms with van der Waals surface area (Å²) >= 11 is 0. The Balaban J connectivity index is 3.30. The lowest BCUT2D eigenvalue weighted by Crippen LogP contribution is -2.62. The third kappa shape index (κ3) is 8.84. The van der Waals surface area contributed by atoms with E-state index in [-0.39, 0.29) is 39.0 Å². The molecule has 1 aliphatic heterocycles. The summed E-state index contributed by atoms with van der Waals surface area (Å²) in [5, 5.41) is 36.8. The molecule has 0 amide bonds. The van der Waals surface area contributed by atoms with Crippen LogP contribution in [0.5, 0.6) is 0 Å². The molecule has 1 aliphatic rings. The van der Waals surface area contributed by atoms with E-state index < -0.39 is 42.5 Å². The largest absolute Gasteiger partial charge is 0.481 e. The van der Waals surface area contributed by atoms with Gasteiger partial charge in [-0.1, -0.05) is 6.42 Å². The van der Waals surface area contributed by atoms with E-state index in [0.717, 1.165) is 0 Å². The Bertz CT molecular complexity index is 626. The zero-order valence-corrected chi connectivity index (χ0v) is 16.7. The summed E-state index contributed by atoms with van der Waals surface area (Å²) in [7, 11) is 0. The molecule has 4 N–H and O–H groups in total. The van der Waals surface area contributed by atoms with Crippen LogP contribution in [0.1, 0.15) is 25.7 Å². The van der Waals surface area contributed by atoms with Crippen LogP contribution >= 0.6 is 0 Å². The van der Waals surface area contributed by atoms with Crippen LogP contribution in [0.15, 0.2) is 0 Å². The van der Waals surface area contributed by atoms with E-state index in [9.17, 15) is 39.3 Å². The lowest BCUT2D eigenvalue weighted by atomic mass is 9.88. The maximum atomic E-state index is 11.5. The fourth-order valence-electron chi connectivity index (χ4n) is 3.88. The zero-order valence-electron chi connectivity index (χ0n) is 16.7. The highest BCUT2D eigenvalue weighted by molar-refractivity contribution is 5.73. The van der Waals surface area contributed by atoms with Crippen molar-refractivity contribution in [3.8, 4) is 0 Å². The van der Waals surface area contributed by atoms with Crippen LogP contribution in [0.25, 0.3) is 0 Å². The number of unbranched alkanes of at least 4 members (excludes halogenated alkanes) is 1. The Hall–Kier alpha value is -2.57. The topological polar surface area (TPSA) is 176 Å². The van der Waals surface area contributed by atoms with Crippen LogP contribution < -0.4 is 0 Å². The molecule has 0 aliphatic carbocycles. The van der Waals surface area contributed by atoms with E-state index in [0.29, 0.717) is 32.2 Å². The number of carbonyl (C=O) groups is 5. The summed E-state index contributed by atoms with van der Waals surface area (Å²) in [5.41, 5.74) is -1.08. The fourth-order valence-corrected chi connectivity index (χ4v) is 3.88. The summed E-state index contributed by atoms with van der Waals surface area (Å²) in [6.07, 6.45) is 1.52. The molecule has 1 heterocycles. The normalized spacial score (nSPS) is 20.6. The maximum absolute atomic E-state index is 11.5. The van der Waals surface area contributed by atoms with Gasteiger partial charge in [0.2, 0.25) is 0 Å². The van der Waals surface area contributed by atoms with Gasteiger partial charge in [-0.25, -0.2) is 0 Å². The molecule has 1 saturated heterocycles. The first-order valence-electron chi connectivity index (χ1n) is 9.58. The molecule has 12 heteroatoms. The van der Waals surface area contributed by atoms with Gasteiger partial charge in [-0.05, 0) is 12.8 Å². The molecule has 0 aromatic rings. The number of hydrogen-bond donors (Lipinski definition) is 4. The smallest absolute Gasteiger partial charge is 0.317 e. The summed E-state index contributed by atoms with van der Waals surface area (Å²) in [4.78, 5) is 60.8. The van der Waals surface area contributed by atoms with E-state index in [1.165, 1.54) is 4.90 Å². The average Bonchev–Trinajstić information content (AvgIpc) is 2.77. The standard InChI is InChI=1S/C18H29N3O9/c22-8-7-19-5-6-20(9-15(25)26)13-18(12-19,4-2-1-3-14(23)24)21(10-16(27)28)11-17(29)30/h8H,1-7,9-13H2,(H,23,24)(H,25,26)(H,27,28)(H,29,30). The third-order valence-corrected chi connectivity index (χ3v) is 5.07. The minimum Gasteiger partial charge on any atom is -0.481 e. The van der Waals surface area contributed by atoms with Crippen molar-refractivity contribution in [1.29, 1.82) is 0 Å². The highest BCUT2D eigenvalue weighted by atomic mass is 16.4. The van der Waals surface area contributed by atoms with Gasteiger partial charge in [-0.15, -0.1) is 0 Å².